The Morgan fingerprint density at radius 2 is 1.65 bits per heavy atom. The first-order valence-electron chi connectivity index (χ1n) is 5.67. The van der Waals surface area contributed by atoms with Crippen molar-refractivity contribution in [1.82, 2.24) is 9.97 Å². The largest absolute Gasteiger partial charge is 0.361 e. The van der Waals surface area contributed by atoms with Gasteiger partial charge in [0.05, 0.1) is 11.0 Å². The lowest BCUT2D eigenvalue weighted by Gasteiger charge is -2.04. The van der Waals surface area contributed by atoms with E-state index in [-0.39, 0.29) is 0 Å². The van der Waals surface area contributed by atoms with E-state index in [4.69, 9.17) is 0 Å². The number of aromatic nitrogens is 2. The minimum absolute atomic E-state index is 1.07. The molecule has 0 aliphatic heterocycles. The summed E-state index contributed by atoms with van der Waals surface area (Å²) >= 11 is 0. The Morgan fingerprint density at radius 1 is 0.824 bits per heavy atom. The summed E-state index contributed by atoms with van der Waals surface area (Å²) in [5.74, 6) is 0. The van der Waals surface area contributed by atoms with E-state index in [2.05, 4.69) is 46.4 Å². The number of hydrogen-bond donors (Lipinski definition) is 1. The molecular formula is C15H10N2. The molecule has 0 saturated carbocycles. The summed E-state index contributed by atoms with van der Waals surface area (Å²) < 4.78 is 0. The Bertz CT molecular complexity index is 843. The zero-order valence-corrected chi connectivity index (χ0v) is 9.14. The van der Waals surface area contributed by atoms with Gasteiger partial charge in [-0.05, 0) is 17.5 Å². The van der Waals surface area contributed by atoms with Crippen LogP contribution in [0, 0.1) is 0 Å². The van der Waals surface area contributed by atoms with Crippen LogP contribution in [-0.2, 0) is 0 Å². The van der Waals surface area contributed by atoms with Gasteiger partial charge in [0.2, 0.25) is 0 Å². The number of H-pyrrole nitrogens is 1. The summed E-state index contributed by atoms with van der Waals surface area (Å²) in [6.07, 6.45) is 3.83. The highest BCUT2D eigenvalue weighted by molar-refractivity contribution is 6.17. The molecule has 0 radical (unpaired) electrons. The van der Waals surface area contributed by atoms with E-state index >= 15 is 0 Å². The Balaban J connectivity index is 2.41. The van der Waals surface area contributed by atoms with Crippen molar-refractivity contribution >= 4 is 32.6 Å². The van der Waals surface area contributed by atoms with Crippen LogP contribution in [0.5, 0.6) is 0 Å². The van der Waals surface area contributed by atoms with Crippen molar-refractivity contribution in [2.75, 3.05) is 0 Å². The predicted molar refractivity (Wildman–Crippen MR) is 71.1 cm³/mol. The lowest BCUT2D eigenvalue weighted by Crippen LogP contribution is -1.82. The molecule has 0 amide bonds. The third kappa shape index (κ3) is 1.12. The molecule has 2 nitrogen and oxygen atoms in total. The highest BCUT2D eigenvalue weighted by atomic mass is 14.7. The van der Waals surface area contributed by atoms with Gasteiger partial charge in [0, 0.05) is 28.6 Å². The zero-order chi connectivity index (χ0) is 11.2. The molecule has 80 valence electrons. The molecule has 2 heteroatoms. The summed E-state index contributed by atoms with van der Waals surface area (Å²) in [4.78, 5) is 7.83. The SMILES string of the molecule is c1cnc2c(c1)ccc1ccc3cc[nH]c3c12. The van der Waals surface area contributed by atoms with Gasteiger partial charge >= 0.3 is 0 Å². The number of nitrogens with one attached hydrogen (secondary N) is 1. The van der Waals surface area contributed by atoms with Gasteiger partial charge < -0.3 is 4.98 Å². The number of rotatable bonds is 0. The van der Waals surface area contributed by atoms with Gasteiger partial charge in [-0.1, -0.05) is 30.3 Å². The monoisotopic (exact) mass is 218 g/mol. The Morgan fingerprint density at radius 3 is 2.59 bits per heavy atom. The molecule has 1 N–H and O–H groups in total. The fourth-order valence-electron chi connectivity index (χ4n) is 2.48. The average Bonchev–Trinajstić information content (AvgIpc) is 2.86. The number of benzene rings is 2. The molecule has 0 aliphatic rings. The molecule has 0 bridgehead atoms. The van der Waals surface area contributed by atoms with Crippen LogP contribution >= 0.6 is 0 Å². The first-order valence-corrected chi connectivity index (χ1v) is 5.67. The van der Waals surface area contributed by atoms with E-state index in [1.165, 1.54) is 27.1 Å². The third-order valence-corrected chi connectivity index (χ3v) is 3.28. The van der Waals surface area contributed by atoms with Crippen LogP contribution in [0.25, 0.3) is 32.6 Å². The normalized spacial score (nSPS) is 11.5. The quantitative estimate of drug-likeness (QED) is 0.446. The Labute approximate surface area is 97.9 Å². The molecule has 0 fully saturated rings. The van der Waals surface area contributed by atoms with Crippen LogP contribution in [0.1, 0.15) is 0 Å². The maximum absolute atomic E-state index is 4.52. The fourth-order valence-corrected chi connectivity index (χ4v) is 2.48. The first-order chi connectivity index (χ1) is 8.43. The van der Waals surface area contributed by atoms with E-state index in [0.29, 0.717) is 0 Å². The average molecular weight is 218 g/mol. The van der Waals surface area contributed by atoms with Crippen molar-refractivity contribution < 1.29 is 0 Å². The number of fused-ring (bicyclic) bond motifs is 5. The molecule has 0 spiro atoms. The van der Waals surface area contributed by atoms with Crippen LogP contribution in [0.15, 0.2) is 54.9 Å². The second-order valence-electron chi connectivity index (χ2n) is 4.25. The number of aromatic amines is 1. The highest BCUT2D eigenvalue weighted by Crippen LogP contribution is 2.29. The maximum Gasteiger partial charge on any atom is 0.0801 e. The fraction of sp³-hybridized carbons (Fsp3) is 0. The molecule has 4 rings (SSSR count). The predicted octanol–water partition coefficient (Wildman–Crippen LogP) is 3.87. The lowest BCUT2D eigenvalue weighted by atomic mass is 10.0. The van der Waals surface area contributed by atoms with Gasteiger partial charge in [-0.25, -0.2) is 0 Å². The van der Waals surface area contributed by atoms with E-state index in [9.17, 15) is 0 Å². The van der Waals surface area contributed by atoms with Crippen molar-refractivity contribution in [3.8, 4) is 0 Å². The summed E-state index contributed by atoms with van der Waals surface area (Å²) in [6.45, 7) is 0. The molecule has 0 unspecified atom stereocenters. The van der Waals surface area contributed by atoms with E-state index in [0.717, 1.165) is 5.52 Å². The van der Waals surface area contributed by atoms with Gasteiger partial charge in [0.25, 0.3) is 0 Å². The minimum Gasteiger partial charge on any atom is -0.361 e. The molecule has 17 heavy (non-hydrogen) atoms. The van der Waals surface area contributed by atoms with E-state index in [1.807, 2.05) is 18.5 Å². The molecule has 0 saturated heterocycles. The van der Waals surface area contributed by atoms with Crippen molar-refractivity contribution in [2.45, 2.75) is 0 Å². The van der Waals surface area contributed by atoms with Crippen molar-refractivity contribution in [3.05, 3.63) is 54.9 Å². The summed E-state index contributed by atoms with van der Waals surface area (Å²) in [7, 11) is 0. The van der Waals surface area contributed by atoms with Gasteiger partial charge in [-0.3, -0.25) is 4.98 Å². The molecule has 2 aromatic heterocycles. The molecule has 2 aromatic carbocycles. The van der Waals surface area contributed by atoms with Crippen molar-refractivity contribution in [3.63, 3.8) is 0 Å². The van der Waals surface area contributed by atoms with E-state index < -0.39 is 0 Å². The zero-order valence-electron chi connectivity index (χ0n) is 9.14. The van der Waals surface area contributed by atoms with E-state index in [1.54, 1.807) is 0 Å². The van der Waals surface area contributed by atoms with Crippen LogP contribution < -0.4 is 0 Å². The van der Waals surface area contributed by atoms with Gasteiger partial charge in [0.1, 0.15) is 0 Å². The molecule has 4 aromatic rings. The number of hydrogen-bond acceptors (Lipinski definition) is 1. The first kappa shape index (κ1) is 8.76. The second kappa shape index (κ2) is 3.08. The highest BCUT2D eigenvalue weighted by Gasteiger charge is 2.06. The van der Waals surface area contributed by atoms with Crippen LogP contribution in [0.4, 0.5) is 0 Å². The second-order valence-corrected chi connectivity index (χ2v) is 4.25. The number of nitrogens with zero attached hydrogens (tertiary/aromatic N) is 1. The smallest absolute Gasteiger partial charge is 0.0801 e. The molecule has 0 atom stereocenters. The third-order valence-electron chi connectivity index (χ3n) is 3.28. The lowest BCUT2D eigenvalue weighted by molar-refractivity contribution is 1.42. The topological polar surface area (TPSA) is 28.7 Å². The minimum atomic E-state index is 1.07. The molecule has 2 heterocycles. The van der Waals surface area contributed by atoms with Gasteiger partial charge in [-0.2, -0.15) is 0 Å². The maximum atomic E-state index is 4.52. The Kier molecular flexibility index (Phi) is 1.59. The summed E-state index contributed by atoms with van der Waals surface area (Å²) in [5, 5.41) is 4.86. The molecule has 0 aliphatic carbocycles. The van der Waals surface area contributed by atoms with Crippen LogP contribution in [-0.4, -0.2) is 9.97 Å². The van der Waals surface area contributed by atoms with Crippen LogP contribution in [0.2, 0.25) is 0 Å². The van der Waals surface area contributed by atoms with Crippen LogP contribution in [0.3, 0.4) is 0 Å². The van der Waals surface area contributed by atoms with Crippen molar-refractivity contribution in [2.24, 2.45) is 0 Å². The molecular weight excluding hydrogens is 208 g/mol. The summed E-state index contributed by atoms with van der Waals surface area (Å²) in [5.41, 5.74) is 2.24. The summed E-state index contributed by atoms with van der Waals surface area (Å²) in [6, 6.07) is 14.7. The Hall–Kier alpha value is -2.35. The van der Waals surface area contributed by atoms with Crippen molar-refractivity contribution in [1.29, 1.82) is 0 Å². The standard InChI is InChI=1S/C15H10N2/c1-2-11-5-3-10-4-6-12-7-9-17-15(12)13(10)14(11)16-8-1/h1-9,17H. The van der Waals surface area contributed by atoms with Gasteiger partial charge in [0.15, 0.2) is 0 Å². The van der Waals surface area contributed by atoms with Gasteiger partial charge in [-0.15, -0.1) is 0 Å². The number of pyridine rings is 1.